The molecule has 4 aromatic rings. The first-order chi connectivity index (χ1) is 20.1. The van der Waals surface area contributed by atoms with Crippen molar-refractivity contribution in [2.75, 3.05) is 0 Å². The zero-order valence-electron chi connectivity index (χ0n) is 23.6. The minimum absolute atomic E-state index is 0.0631. The Hall–Kier alpha value is -3.94. The summed E-state index contributed by atoms with van der Waals surface area (Å²) in [5.41, 5.74) is 0.891. The van der Waals surface area contributed by atoms with Gasteiger partial charge in [-0.3, -0.25) is 4.79 Å². The molecule has 1 aliphatic rings. The van der Waals surface area contributed by atoms with E-state index in [0.717, 1.165) is 47.2 Å². The van der Waals surface area contributed by atoms with Crippen LogP contribution in [-0.2, 0) is 20.9 Å². The summed E-state index contributed by atoms with van der Waals surface area (Å²) in [6.07, 6.45) is 7.77. The third-order valence-electron chi connectivity index (χ3n) is 8.01. The minimum Gasteiger partial charge on any atom is -0.457 e. The van der Waals surface area contributed by atoms with Gasteiger partial charge in [0.25, 0.3) is 0 Å². The Bertz CT molecular complexity index is 1420. The van der Waals surface area contributed by atoms with E-state index in [1.165, 1.54) is 0 Å². The van der Waals surface area contributed by atoms with Crippen molar-refractivity contribution < 1.29 is 14.3 Å². The molecule has 0 aliphatic heterocycles. The molecule has 5 rings (SSSR count). The fourth-order valence-corrected chi connectivity index (χ4v) is 10.4. The molecule has 0 saturated heterocycles. The van der Waals surface area contributed by atoms with Crippen LogP contribution in [0.3, 0.4) is 0 Å². The highest BCUT2D eigenvalue weighted by atomic mass is 31.2. The van der Waals surface area contributed by atoms with Crippen LogP contribution in [0.5, 0.6) is 0 Å². The Balaban J connectivity index is 1.77. The van der Waals surface area contributed by atoms with Crippen molar-refractivity contribution in [1.29, 1.82) is 0 Å². The molecule has 0 unspecified atom stereocenters. The van der Waals surface area contributed by atoms with Crippen LogP contribution in [0.25, 0.3) is 0 Å². The topological polar surface area (TPSA) is 43.4 Å². The van der Waals surface area contributed by atoms with Gasteiger partial charge in [-0.15, -0.1) is 0 Å². The quantitative estimate of drug-likeness (QED) is 0.0974. The SMILES string of the molecule is C/C=C/C1CCC(C(=O)C(C(=O)OCc2ccccc2)=P(c2ccccc2)(c2ccccc2)c2ccccc2)CC1. The van der Waals surface area contributed by atoms with E-state index in [1.807, 2.05) is 91.9 Å². The maximum atomic E-state index is 14.9. The molecule has 0 amide bonds. The molecule has 0 N–H and O–H groups in total. The van der Waals surface area contributed by atoms with Crippen LogP contribution >= 0.6 is 6.89 Å². The summed E-state index contributed by atoms with van der Waals surface area (Å²) in [5.74, 6) is -0.313. The van der Waals surface area contributed by atoms with Gasteiger partial charge in [-0.1, -0.05) is 133 Å². The number of ether oxygens (including phenoxy) is 1. The van der Waals surface area contributed by atoms with Gasteiger partial charge in [0.15, 0.2) is 5.78 Å². The lowest BCUT2D eigenvalue weighted by Crippen LogP contribution is -2.41. The van der Waals surface area contributed by atoms with Gasteiger partial charge in [0.1, 0.15) is 11.9 Å². The molecule has 0 heterocycles. The summed E-state index contributed by atoms with van der Waals surface area (Å²) < 4.78 is 6.05. The summed E-state index contributed by atoms with van der Waals surface area (Å²) in [6.45, 7) is -0.753. The standard InChI is InChI=1S/C37H37O3P/c1-2-15-29-24-26-31(27-25-29)35(38)36(37(39)40-28-30-16-7-3-8-17-30)41(32-18-9-4-10-19-32,33-20-11-5-12-21-33)34-22-13-6-14-23-34/h2-23,29,31H,24-28H2,1H3/b15-2+. The van der Waals surface area contributed by atoms with Crippen molar-refractivity contribution in [3.05, 3.63) is 139 Å². The van der Waals surface area contributed by atoms with Gasteiger partial charge in [-0.25, -0.2) is 4.79 Å². The Labute approximate surface area is 243 Å². The fraction of sp³-hybridized carbons (Fsp3) is 0.216. The predicted octanol–water partition coefficient (Wildman–Crippen LogP) is 6.85. The molecule has 208 valence electrons. The summed E-state index contributed by atoms with van der Waals surface area (Å²) in [4.78, 5) is 29.3. The third kappa shape index (κ3) is 6.21. The van der Waals surface area contributed by atoms with E-state index in [-0.39, 0.29) is 18.3 Å². The van der Waals surface area contributed by atoms with Crippen LogP contribution in [0.15, 0.2) is 133 Å². The van der Waals surface area contributed by atoms with Crippen molar-refractivity contribution in [1.82, 2.24) is 0 Å². The molecule has 0 bridgehead atoms. The van der Waals surface area contributed by atoms with E-state index in [9.17, 15) is 9.59 Å². The number of hydrogen-bond acceptors (Lipinski definition) is 3. The van der Waals surface area contributed by atoms with E-state index in [1.54, 1.807) is 0 Å². The Morgan fingerprint density at radius 2 is 1.12 bits per heavy atom. The number of ketones is 1. The van der Waals surface area contributed by atoms with Crippen LogP contribution < -0.4 is 15.9 Å². The number of hydrogen-bond donors (Lipinski definition) is 0. The zero-order chi connectivity index (χ0) is 28.5. The first kappa shape index (κ1) is 28.6. The lowest BCUT2D eigenvalue weighted by molar-refractivity contribution is -0.137. The number of esters is 1. The monoisotopic (exact) mass is 560 g/mol. The minimum atomic E-state index is -2.91. The van der Waals surface area contributed by atoms with Crippen LogP contribution in [0.4, 0.5) is 0 Å². The molecule has 41 heavy (non-hydrogen) atoms. The van der Waals surface area contributed by atoms with Crippen LogP contribution in [0, 0.1) is 11.8 Å². The Morgan fingerprint density at radius 1 is 0.683 bits per heavy atom. The first-order valence-corrected chi connectivity index (χ1v) is 16.2. The van der Waals surface area contributed by atoms with Gasteiger partial charge in [0.05, 0.1) is 0 Å². The summed E-state index contributed by atoms with van der Waals surface area (Å²) in [5, 5.41) is 3.21. The normalized spacial score (nSPS) is 17.2. The van der Waals surface area contributed by atoms with Gasteiger partial charge in [-0.05, 0) is 66.9 Å². The Morgan fingerprint density at radius 3 is 1.56 bits per heavy atom. The predicted molar refractivity (Wildman–Crippen MR) is 172 cm³/mol. The number of carbonyl (C=O) groups excluding carboxylic acids is 2. The van der Waals surface area contributed by atoms with Gasteiger partial charge in [0, 0.05) is 5.92 Å². The van der Waals surface area contributed by atoms with Gasteiger partial charge < -0.3 is 4.74 Å². The molecule has 0 spiro atoms. The smallest absolute Gasteiger partial charge is 0.343 e. The summed E-state index contributed by atoms with van der Waals surface area (Å²) in [7, 11) is 0. The average molecular weight is 561 g/mol. The molecule has 0 atom stereocenters. The van der Waals surface area contributed by atoms with Gasteiger partial charge >= 0.3 is 5.97 Å². The zero-order valence-corrected chi connectivity index (χ0v) is 24.5. The van der Waals surface area contributed by atoms with Crippen molar-refractivity contribution in [3.8, 4) is 0 Å². The van der Waals surface area contributed by atoms with Crippen molar-refractivity contribution in [2.45, 2.75) is 39.2 Å². The van der Waals surface area contributed by atoms with E-state index in [2.05, 4.69) is 48.6 Å². The lowest BCUT2D eigenvalue weighted by atomic mass is 9.79. The molecular weight excluding hydrogens is 523 g/mol. The van der Waals surface area contributed by atoms with Crippen LogP contribution in [0.1, 0.15) is 38.2 Å². The molecular formula is C37H37O3P. The van der Waals surface area contributed by atoms with Gasteiger partial charge in [0.2, 0.25) is 0 Å². The number of benzene rings is 4. The molecule has 0 radical (unpaired) electrons. The van der Waals surface area contributed by atoms with E-state index >= 15 is 0 Å². The van der Waals surface area contributed by atoms with Crippen molar-refractivity contribution in [2.24, 2.45) is 11.8 Å². The molecule has 4 heteroatoms. The number of rotatable bonds is 9. The number of Topliss-reactive ketones (excluding diaryl/α,β-unsaturated/α-hetero) is 1. The maximum Gasteiger partial charge on any atom is 0.343 e. The Kier molecular flexibility index (Phi) is 9.49. The van der Waals surface area contributed by atoms with Crippen molar-refractivity contribution >= 4 is 39.8 Å². The molecule has 4 aromatic carbocycles. The molecule has 0 aromatic heterocycles. The number of allylic oxidation sites excluding steroid dienone is 2. The highest BCUT2D eigenvalue weighted by molar-refractivity contribution is 7.97. The molecule has 1 aliphatic carbocycles. The van der Waals surface area contributed by atoms with Crippen LogP contribution in [-0.4, -0.2) is 17.0 Å². The van der Waals surface area contributed by atoms with E-state index in [4.69, 9.17) is 4.74 Å². The average Bonchev–Trinajstić information content (AvgIpc) is 3.04. The molecule has 1 saturated carbocycles. The van der Waals surface area contributed by atoms with Crippen molar-refractivity contribution in [3.63, 3.8) is 0 Å². The lowest BCUT2D eigenvalue weighted by Gasteiger charge is -2.34. The maximum absolute atomic E-state index is 14.9. The highest BCUT2D eigenvalue weighted by Crippen LogP contribution is 2.48. The second kappa shape index (κ2) is 13.6. The fourth-order valence-electron chi connectivity index (χ4n) is 6.02. The van der Waals surface area contributed by atoms with E-state index in [0.29, 0.717) is 11.2 Å². The van der Waals surface area contributed by atoms with Crippen LogP contribution in [0.2, 0.25) is 0 Å². The first-order valence-electron chi connectivity index (χ1n) is 14.5. The van der Waals surface area contributed by atoms with E-state index < -0.39 is 12.9 Å². The van der Waals surface area contributed by atoms with Gasteiger partial charge in [-0.2, -0.15) is 0 Å². The summed E-state index contributed by atoms with van der Waals surface area (Å²) in [6, 6.07) is 40.0. The highest BCUT2D eigenvalue weighted by Gasteiger charge is 2.40. The largest absolute Gasteiger partial charge is 0.457 e. The second-order valence-electron chi connectivity index (χ2n) is 10.6. The summed E-state index contributed by atoms with van der Waals surface area (Å²) >= 11 is 0. The number of carbonyl (C=O) groups is 2. The molecule has 3 nitrogen and oxygen atoms in total. The molecule has 1 fully saturated rings. The third-order valence-corrected chi connectivity index (χ3v) is 12.3. The second-order valence-corrected chi connectivity index (χ2v) is 13.9.